The highest BCUT2D eigenvalue weighted by atomic mass is 79.9. The fourth-order valence-electron chi connectivity index (χ4n) is 3.32. The van der Waals surface area contributed by atoms with Gasteiger partial charge in [-0.15, -0.1) is 0 Å². The molecule has 1 aromatic heterocycles. The van der Waals surface area contributed by atoms with Crippen LogP contribution >= 0.6 is 15.9 Å². The Kier molecular flexibility index (Phi) is 5.98. The number of halogens is 1. The van der Waals surface area contributed by atoms with Crippen molar-refractivity contribution in [3.63, 3.8) is 0 Å². The number of hydrogen-bond donors (Lipinski definition) is 0. The number of hydrogen-bond acceptors (Lipinski definition) is 5. The van der Waals surface area contributed by atoms with Gasteiger partial charge < -0.3 is 4.74 Å². The number of sulfonamides is 1. The molecule has 0 aliphatic carbocycles. The third-order valence-electron chi connectivity index (χ3n) is 4.49. The average molecular weight is 453 g/mol. The standard InChI is InChI=1S/C19H21BrN2O4S/c1-13-10-14(2)12-22(11-13)27(24,25)16-7-5-15(6-8-16)19(23)26-17-4-3-9-21-18(17)20/h3-9,13-14H,10-12H2,1-2H3. The van der Waals surface area contributed by atoms with Crippen LogP contribution < -0.4 is 4.74 Å². The molecule has 6 nitrogen and oxygen atoms in total. The molecule has 0 N–H and O–H groups in total. The lowest BCUT2D eigenvalue weighted by Crippen LogP contribution is -2.42. The molecule has 1 aliphatic rings. The third-order valence-corrected chi connectivity index (χ3v) is 6.93. The maximum atomic E-state index is 12.9. The van der Waals surface area contributed by atoms with Gasteiger partial charge in [0.25, 0.3) is 0 Å². The smallest absolute Gasteiger partial charge is 0.343 e. The van der Waals surface area contributed by atoms with Gasteiger partial charge in [0.05, 0.1) is 10.5 Å². The minimum absolute atomic E-state index is 0.183. The van der Waals surface area contributed by atoms with E-state index in [1.807, 2.05) is 0 Å². The fourth-order valence-corrected chi connectivity index (χ4v) is 5.33. The molecule has 1 fully saturated rings. The first-order valence-electron chi connectivity index (χ1n) is 8.70. The summed E-state index contributed by atoms with van der Waals surface area (Å²) in [6, 6.07) is 9.12. The average Bonchev–Trinajstić information content (AvgIpc) is 2.63. The lowest BCUT2D eigenvalue weighted by Gasteiger charge is -2.34. The van der Waals surface area contributed by atoms with Gasteiger partial charge in [-0.2, -0.15) is 4.31 Å². The van der Waals surface area contributed by atoms with Crippen molar-refractivity contribution in [2.24, 2.45) is 11.8 Å². The molecule has 0 radical (unpaired) electrons. The zero-order valence-corrected chi connectivity index (χ0v) is 17.5. The number of rotatable bonds is 4. The second-order valence-corrected chi connectivity index (χ2v) is 9.66. The van der Waals surface area contributed by atoms with Crippen molar-refractivity contribution in [3.8, 4) is 5.75 Å². The lowest BCUT2D eigenvalue weighted by molar-refractivity contribution is 0.0732. The largest absolute Gasteiger partial charge is 0.420 e. The maximum Gasteiger partial charge on any atom is 0.343 e. The molecular weight excluding hydrogens is 432 g/mol. The van der Waals surface area contributed by atoms with Crippen LogP contribution in [0.4, 0.5) is 0 Å². The van der Waals surface area contributed by atoms with Crippen LogP contribution in [0.15, 0.2) is 52.1 Å². The van der Waals surface area contributed by atoms with Crippen molar-refractivity contribution in [2.45, 2.75) is 25.2 Å². The Bertz CT molecular complexity index is 921. The topological polar surface area (TPSA) is 76.6 Å². The molecule has 1 aromatic carbocycles. The summed E-state index contributed by atoms with van der Waals surface area (Å²) in [5.74, 6) is 0.384. The monoisotopic (exact) mass is 452 g/mol. The van der Waals surface area contributed by atoms with E-state index in [4.69, 9.17) is 4.74 Å². The molecule has 1 aliphatic heterocycles. The lowest BCUT2D eigenvalue weighted by atomic mass is 9.94. The van der Waals surface area contributed by atoms with Crippen LogP contribution in [0.25, 0.3) is 0 Å². The van der Waals surface area contributed by atoms with Crippen molar-refractivity contribution in [2.75, 3.05) is 13.1 Å². The minimum atomic E-state index is -3.57. The summed E-state index contributed by atoms with van der Waals surface area (Å²) in [5, 5.41) is 0. The predicted molar refractivity (Wildman–Crippen MR) is 105 cm³/mol. The van der Waals surface area contributed by atoms with Crippen molar-refractivity contribution < 1.29 is 17.9 Å². The van der Waals surface area contributed by atoms with E-state index in [1.54, 1.807) is 18.3 Å². The zero-order chi connectivity index (χ0) is 19.6. The molecule has 27 heavy (non-hydrogen) atoms. The highest BCUT2D eigenvalue weighted by molar-refractivity contribution is 9.10. The molecular formula is C19H21BrN2O4S. The molecule has 0 bridgehead atoms. The van der Waals surface area contributed by atoms with Crippen molar-refractivity contribution in [3.05, 3.63) is 52.8 Å². The first kappa shape index (κ1) is 20.0. The molecule has 2 atom stereocenters. The van der Waals surface area contributed by atoms with Gasteiger partial charge in [-0.05, 0) is 70.6 Å². The number of nitrogens with zero attached hydrogens (tertiary/aromatic N) is 2. The fraction of sp³-hybridized carbons (Fsp3) is 0.368. The highest BCUT2D eigenvalue weighted by Crippen LogP contribution is 2.27. The SMILES string of the molecule is CC1CC(C)CN(S(=O)(=O)c2ccc(C(=O)Oc3cccnc3Br)cc2)C1. The number of carbonyl (C=O) groups is 1. The summed E-state index contributed by atoms with van der Waals surface area (Å²) in [5.41, 5.74) is 0.269. The van der Waals surface area contributed by atoms with E-state index in [-0.39, 0.29) is 10.5 Å². The number of ether oxygens (including phenoxy) is 1. The number of piperidine rings is 1. The zero-order valence-electron chi connectivity index (χ0n) is 15.1. The van der Waals surface area contributed by atoms with Crippen LogP contribution in [0, 0.1) is 11.8 Å². The van der Waals surface area contributed by atoms with E-state index in [9.17, 15) is 13.2 Å². The normalized spacial score (nSPS) is 21.0. The van der Waals surface area contributed by atoms with E-state index >= 15 is 0 Å². The van der Waals surface area contributed by atoms with Gasteiger partial charge in [0, 0.05) is 19.3 Å². The molecule has 0 amide bonds. The summed E-state index contributed by atoms with van der Waals surface area (Å²) in [6.45, 7) is 5.17. The number of carbonyl (C=O) groups excluding carboxylic acids is 1. The van der Waals surface area contributed by atoms with Gasteiger partial charge in [0.15, 0.2) is 5.75 Å². The number of benzene rings is 1. The number of aromatic nitrogens is 1. The Morgan fingerprint density at radius 3 is 2.37 bits per heavy atom. The minimum Gasteiger partial charge on any atom is -0.420 e. The highest BCUT2D eigenvalue weighted by Gasteiger charge is 2.31. The second-order valence-electron chi connectivity index (χ2n) is 6.97. The van der Waals surface area contributed by atoms with Crippen LogP contribution in [0.2, 0.25) is 0 Å². The molecule has 0 spiro atoms. The Hall–Kier alpha value is -1.77. The van der Waals surface area contributed by atoms with Gasteiger partial charge in [-0.25, -0.2) is 18.2 Å². The van der Waals surface area contributed by atoms with Crippen LogP contribution in [0.5, 0.6) is 5.75 Å². The Morgan fingerprint density at radius 2 is 1.78 bits per heavy atom. The molecule has 1 saturated heterocycles. The van der Waals surface area contributed by atoms with Crippen LogP contribution in [0.3, 0.4) is 0 Å². The van der Waals surface area contributed by atoms with E-state index in [0.717, 1.165) is 6.42 Å². The summed E-state index contributed by atoms with van der Waals surface area (Å²) < 4.78 is 33.0. The molecule has 3 rings (SSSR count). The van der Waals surface area contributed by atoms with Crippen LogP contribution in [-0.4, -0.2) is 36.8 Å². The van der Waals surface area contributed by atoms with Gasteiger partial charge >= 0.3 is 5.97 Å². The number of esters is 1. The van der Waals surface area contributed by atoms with E-state index in [0.29, 0.717) is 35.3 Å². The summed E-state index contributed by atoms with van der Waals surface area (Å²) in [7, 11) is -3.57. The third kappa shape index (κ3) is 4.56. The van der Waals surface area contributed by atoms with Crippen molar-refractivity contribution >= 4 is 31.9 Å². The van der Waals surface area contributed by atoms with Crippen molar-refractivity contribution in [1.82, 2.24) is 9.29 Å². The predicted octanol–water partition coefficient (Wildman–Crippen LogP) is 3.73. The van der Waals surface area contributed by atoms with Gasteiger partial charge in [-0.1, -0.05) is 13.8 Å². The molecule has 2 heterocycles. The first-order chi connectivity index (χ1) is 12.8. The second kappa shape index (κ2) is 8.08. The maximum absolute atomic E-state index is 12.9. The van der Waals surface area contributed by atoms with Crippen molar-refractivity contribution in [1.29, 1.82) is 0 Å². The molecule has 2 unspecified atom stereocenters. The molecule has 8 heteroatoms. The van der Waals surface area contributed by atoms with E-state index in [2.05, 4.69) is 34.8 Å². The first-order valence-corrected chi connectivity index (χ1v) is 10.9. The molecule has 2 aromatic rings. The van der Waals surface area contributed by atoms with E-state index in [1.165, 1.54) is 28.6 Å². The Morgan fingerprint density at radius 1 is 1.15 bits per heavy atom. The summed E-state index contributed by atoms with van der Waals surface area (Å²) in [6.07, 6.45) is 2.60. The Labute approximate surface area is 167 Å². The van der Waals surface area contributed by atoms with Gasteiger partial charge in [0.2, 0.25) is 10.0 Å². The van der Waals surface area contributed by atoms with Crippen LogP contribution in [-0.2, 0) is 10.0 Å². The van der Waals surface area contributed by atoms with Gasteiger partial charge in [0.1, 0.15) is 4.60 Å². The quantitative estimate of drug-likeness (QED) is 0.521. The van der Waals surface area contributed by atoms with Crippen LogP contribution in [0.1, 0.15) is 30.6 Å². The Balaban J connectivity index is 1.76. The van der Waals surface area contributed by atoms with Gasteiger partial charge in [-0.3, -0.25) is 0 Å². The number of pyridine rings is 1. The van der Waals surface area contributed by atoms with E-state index < -0.39 is 16.0 Å². The summed E-state index contributed by atoms with van der Waals surface area (Å²) >= 11 is 3.22. The molecule has 0 saturated carbocycles. The summed E-state index contributed by atoms with van der Waals surface area (Å²) in [4.78, 5) is 16.5. The molecule has 144 valence electrons.